The normalized spacial score (nSPS) is 20.2. The van der Waals surface area contributed by atoms with Crippen LogP contribution in [-0.2, 0) is 9.59 Å². The molecule has 3 amide bonds. The minimum absolute atomic E-state index is 0.0803. The number of amides is 3. The molecule has 1 saturated carbocycles. The number of aromatic amines is 1. The molecule has 0 bridgehead atoms. The Kier molecular flexibility index (Phi) is 5.61. The van der Waals surface area contributed by atoms with E-state index in [-0.39, 0.29) is 24.1 Å². The second-order valence-corrected chi connectivity index (χ2v) is 7.87. The fourth-order valence-corrected chi connectivity index (χ4v) is 3.67. The van der Waals surface area contributed by atoms with E-state index >= 15 is 0 Å². The van der Waals surface area contributed by atoms with Gasteiger partial charge in [0.2, 0.25) is 11.8 Å². The van der Waals surface area contributed by atoms with Crippen LogP contribution >= 0.6 is 0 Å². The Bertz CT molecular complexity index is 974. The number of nitrogens with one attached hydrogen (secondary N) is 4. The number of aromatic nitrogens is 3. The van der Waals surface area contributed by atoms with Gasteiger partial charge < -0.3 is 20.9 Å². The van der Waals surface area contributed by atoms with Crippen LogP contribution in [0.4, 0.5) is 0 Å². The van der Waals surface area contributed by atoms with E-state index in [1.807, 2.05) is 0 Å². The predicted molar refractivity (Wildman–Crippen MR) is 106 cm³/mol. The number of carbonyl (C=O) groups is 3. The zero-order chi connectivity index (χ0) is 21.1. The lowest BCUT2D eigenvalue weighted by Gasteiger charge is -2.21. The van der Waals surface area contributed by atoms with E-state index in [4.69, 9.17) is 0 Å². The number of H-pyrrole nitrogens is 1. The summed E-state index contributed by atoms with van der Waals surface area (Å²) < 4.78 is 0. The van der Waals surface area contributed by atoms with Crippen molar-refractivity contribution in [3.63, 3.8) is 0 Å². The van der Waals surface area contributed by atoms with Gasteiger partial charge in [0.15, 0.2) is 11.5 Å². The zero-order valence-electron chi connectivity index (χ0n) is 16.4. The molecule has 1 aliphatic heterocycles. The molecule has 10 nitrogen and oxygen atoms in total. The van der Waals surface area contributed by atoms with Gasteiger partial charge in [-0.3, -0.25) is 14.4 Å². The van der Waals surface area contributed by atoms with Crippen LogP contribution in [0.2, 0.25) is 0 Å². The van der Waals surface area contributed by atoms with Gasteiger partial charge in [-0.05, 0) is 37.3 Å². The standard InChI is InChI=1S/C20H23N7O3/c21-10-13(9-12-5-7-23-18(12)28)24-19(29)15(8-11-3-4-11)26-20(30)17-25-14-2-1-6-22-16(14)27-17/h1-2,6,11-13,15H,3-5,7-9H2,(H,23,28)(H,24,29)(H,26,30)(H,22,25,27)/t12-,13-,15-/m0/s1. The lowest BCUT2D eigenvalue weighted by atomic mass is 9.98. The Morgan fingerprint density at radius 1 is 1.27 bits per heavy atom. The molecule has 1 aliphatic carbocycles. The smallest absolute Gasteiger partial charge is 0.287 e. The van der Waals surface area contributed by atoms with Gasteiger partial charge in [-0.25, -0.2) is 9.97 Å². The third-order valence-corrected chi connectivity index (χ3v) is 5.52. The predicted octanol–water partition coefficient (Wildman–Crippen LogP) is 0.391. The molecule has 3 heterocycles. The third kappa shape index (κ3) is 4.56. The number of nitriles is 1. The van der Waals surface area contributed by atoms with Gasteiger partial charge >= 0.3 is 0 Å². The average molecular weight is 409 g/mol. The topological polar surface area (TPSA) is 153 Å². The van der Waals surface area contributed by atoms with Crippen LogP contribution < -0.4 is 16.0 Å². The van der Waals surface area contributed by atoms with E-state index in [1.54, 1.807) is 18.3 Å². The molecule has 156 valence electrons. The highest BCUT2D eigenvalue weighted by atomic mass is 16.2. The molecule has 0 unspecified atom stereocenters. The summed E-state index contributed by atoms with van der Waals surface area (Å²) in [7, 11) is 0. The first-order valence-electron chi connectivity index (χ1n) is 10.1. The first-order chi connectivity index (χ1) is 14.5. The molecule has 2 aromatic heterocycles. The van der Waals surface area contributed by atoms with Gasteiger partial charge in [-0.2, -0.15) is 5.26 Å². The molecule has 4 rings (SSSR count). The number of pyridine rings is 1. The highest BCUT2D eigenvalue weighted by Crippen LogP contribution is 2.33. The van der Waals surface area contributed by atoms with Gasteiger partial charge in [0.05, 0.1) is 11.6 Å². The Morgan fingerprint density at radius 2 is 2.10 bits per heavy atom. The van der Waals surface area contributed by atoms with Crippen molar-refractivity contribution in [2.45, 2.75) is 44.2 Å². The monoisotopic (exact) mass is 409 g/mol. The highest BCUT2D eigenvalue weighted by molar-refractivity contribution is 5.97. The molecule has 30 heavy (non-hydrogen) atoms. The number of fused-ring (bicyclic) bond motifs is 1. The second kappa shape index (κ2) is 8.49. The summed E-state index contributed by atoms with van der Waals surface area (Å²) in [5, 5.41) is 17.6. The minimum atomic E-state index is -0.791. The number of hydrogen-bond donors (Lipinski definition) is 4. The highest BCUT2D eigenvalue weighted by Gasteiger charge is 2.33. The quantitative estimate of drug-likeness (QED) is 0.495. The largest absolute Gasteiger partial charge is 0.356 e. The van der Waals surface area contributed by atoms with Gasteiger partial charge in [0, 0.05) is 18.7 Å². The zero-order valence-corrected chi connectivity index (χ0v) is 16.4. The lowest BCUT2D eigenvalue weighted by Crippen LogP contribution is -2.50. The van der Waals surface area contributed by atoms with Gasteiger partial charge in [-0.15, -0.1) is 0 Å². The summed E-state index contributed by atoms with van der Waals surface area (Å²) in [5.74, 6) is -0.844. The van der Waals surface area contributed by atoms with Crippen LogP contribution in [0, 0.1) is 23.2 Å². The van der Waals surface area contributed by atoms with Crippen LogP contribution in [0.15, 0.2) is 18.3 Å². The molecular weight excluding hydrogens is 386 g/mol. The van der Waals surface area contributed by atoms with Gasteiger partial charge in [0.25, 0.3) is 5.91 Å². The first kappa shape index (κ1) is 19.8. The van der Waals surface area contributed by atoms with Crippen LogP contribution in [0.25, 0.3) is 11.2 Å². The Balaban J connectivity index is 1.41. The molecule has 2 fully saturated rings. The SMILES string of the molecule is N#C[C@H](C[C@@H]1CCNC1=O)NC(=O)[C@H](CC1CC1)NC(=O)c1nc2ncccc2[nH]1. The summed E-state index contributed by atoms with van der Waals surface area (Å²) in [6.45, 7) is 0.586. The summed E-state index contributed by atoms with van der Waals surface area (Å²) in [6.07, 6.45) is 5.01. The van der Waals surface area contributed by atoms with Crippen molar-refractivity contribution < 1.29 is 14.4 Å². The molecule has 0 aromatic carbocycles. The van der Waals surface area contributed by atoms with Crippen LogP contribution in [0.3, 0.4) is 0 Å². The van der Waals surface area contributed by atoms with Crippen molar-refractivity contribution in [1.82, 2.24) is 30.9 Å². The lowest BCUT2D eigenvalue weighted by molar-refractivity contribution is -0.125. The molecule has 2 aliphatic rings. The van der Waals surface area contributed by atoms with Gasteiger partial charge in [0.1, 0.15) is 12.1 Å². The van der Waals surface area contributed by atoms with E-state index in [0.29, 0.717) is 36.5 Å². The molecule has 1 saturated heterocycles. The van der Waals surface area contributed by atoms with Crippen LogP contribution in [-0.4, -0.2) is 51.3 Å². The molecule has 2 aromatic rings. The number of hydrogen-bond acceptors (Lipinski definition) is 6. The molecular formula is C20H23N7O3. The van der Waals surface area contributed by atoms with Crippen molar-refractivity contribution in [2.24, 2.45) is 11.8 Å². The summed E-state index contributed by atoms with van der Waals surface area (Å²) in [6, 6.07) is 3.98. The Labute approximate surface area is 172 Å². The van der Waals surface area contributed by atoms with Crippen molar-refractivity contribution in [1.29, 1.82) is 5.26 Å². The number of carbonyl (C=O) groups excluding carboxylic acids is 3. The van der Waals surface area contributed by atoms with Crippen molar-refractivity contribution in [2.75, 3.05) is 6.54 Å². The molecule has 3 atom stereocenters. The second-order valence-electron chi connectivity index (χ2n) is 7.87. The third-order valence-electron chi connectivity index (χ3n) is 5.52. The maximum Gasteiger partial charge on any atom is 0.287 e. The number of imidazole rings is 1. The molecule has 0 spiro atoms. The molecule has 0 radical (unpaired) electrons. The Hall–Kier alpha value is -3.48. The van der Waals surface area contributed by atoms with Crippen molar-refractivity contribution >= 4 is 28.9 Å². The van der Waals surface area contributed by atoms with Crippen molar-refractivity contribution in [3.8, 4) is 6.07 Å². The minimum Gasteiger partial charge on any atom is -0.356 e. The number of nitrogens with zero attached hydrogens (tertiary/aromatic N) is 3. The summed E-state index contributed by atoms with van der Waals surface area (Å²) in [5.41, 5.74) is 1.05. The number of rotatable bonds is 8. The van der Waals surface area contributed by atoms with E-state index in [1.165, 1.54) is 0 Å². The summed E-state index contributed by atoms with van der Waals surface area (Å²) >= 11 is 0. The maximum atomic E-state index is 12.8. The fourth-order valence-electron chi connectivity index (χ4n) is 3.67. The van der Waals surface area contributed by atoms with E-state index in [0.717, 1.165) is 12.8 Å². The molecule has 10 heteroatoms. The van der Waals surface area contributed by atoms with Crippen molar-refractivity contribution in [3.05, 3.63) is 24.2 Å². The molecule has 4 N–H and O–H groups in total. The van der Waals surface area contributed by atoms with E-state index < -0.39 is 23.9 Å². The Morgan fingerprint density at radius 3 is 2.77 bits per heavy atom. The fraction of sp³-hybridized carbons (Fsp3) is 0.500. The van der Waals surface area contributed by atoms with Crippen LogP contribution in [0.5, 0.6) is 0 Å². The van der Waals surface area contributed by atoms with E-state index in [9.17, 15) is 19.6 Å². The average Bonchev–Trinajstić information content (AvgIpc) is 3.30. The van der Waals surface area contributed by atoms with Gasteiger partial charge in [-0.1, -0.05) is 12.8 Å². The maximum absolute atomic E-state index is 12.8. The summed E-state index contributed by atoms with van der Waals surface area (Å²) in [4.78, 5) is 48.5. The first-order valence-corrected chi connectivity index (χ1v) is 10.1. The van der Waals surface area contributed by atoms with Crippen LogP contribution in [0.1, 0.15) is 42.7 Å². The van der Waals surface area contributed by atoms with E-state index in [2.05, 4.69) is 37.0 Å².